The molecule has 0 aliphatic rings. The summed E-state index contributed by atoms with van der Waals surface area (Å²) in [5, 5.41) is 8.82. The molecule has 0 atom stereocenters. The molecule has 0 heterocycles. The number of halogens is 4. The van der Waals surface area contributed by atoms with Crippen LogP contribution in [0.4, 0.5) is 13.2 Å². The van der Waals surface area contributed by atoms with E-state index in [1.54, 1.807) is 6.07 Å². The molecule has 2 aromatic carbocycles. The highest BCUT2D eigenvalue weighted by Gasteiger charge is 2.13. The van der Waals surface area contributed by atoms with Crippen LogP contribution in [0.15, 0.2) is 30.3 Å². The summed E-state index contributed by atoms with van der Waals surface area (Å²) in [6, 6.07) is 10.1. The Kier molecular flexibility index (Phi) is 4.55. The van der Waals surface area contributed by atoms with Gasteiger partial charge in [0.05, 0.1) is 16.7 Å². The van der Waals surface area contributed by atoms with E-state index in [1.165, 1.54) is 18.2 Å². The molecule has 0 saturated carbocycles. The van der Waals surface area contributed by atoms with Crippen molar-refractivity contribution in [2.45, 2.75) is 6.61 Å². The van der Waals surface area contributed by atoms with Gasteiger partial charge in [0.1, 0.15) is 11.5 Å². The van der Waals surface area contributed by atoms with Gasteiger partial charge in [0.15, 0.2) is 11.6 Å². The number of hydrogen-bond acceptors (Lipinski definition) is 3. The SMILES string of the molecule is N#Cc1cc(Oc2c(F)[c]ccc2Cl)cc(OC(F)F)c1. The molecule has 0 aromatic heterocycles. The number of nitriles is 1. The second-order valence-electron chi connectivity index (χ2n) is 3.75. The summed E-state index contributed by atoms with van der Waals surface area (Å²) in [7, 11) is 0. The average Bonchev–Trinajstić information content (AvgIpc) is 2.42. The fourth-order valence-corrected chi connectivity index (χ4v) is 1.70. The van der Waals surface area contributed by atoms with Gasteiger partial charge in [0.2, 0.25) is 0 Å². The van der Waals surface area contributed by atoms with Gasteiger partial charge >= 0.3 is 6.61 Å². The average molecular weight is 313 g/mol. The molecule has 0 spiro atoms. The van der Waals surface area contributed by atoms with Gasteiger partial charge in [-0.25, -0.2) is 4.39 Å². The number of nitrogens with zero attached hydrogens (tertiary/aromatic N) is 1. The molecule has 0 fully saturated rings. The van der Waals surface area contributed by atoms with Crippen LogP contribution in [0.2, 0.25) is 5.02 Å². The Labute approximate surface area is 123 Å². The summed E-state index contributed by atoms with van der Waals surface area (Å²) >= 11 is 5.78. The zero-order valence-electron chi connectivity index (χ0n) is 10.2. The highest BCUT2D eigenvalue weighted by Crippen LogP contribution is 2.34. The predicted molar refractivity (Wildman–Crippen MR) is 68.1 cm³/mol. The lowest BCUT2D eigenvalue weighted by Gasteiger charge is -2.11. The quantitative estimate of drug-likeness (QED) is 0.832. The fourth-order valence-electron chi connectivity index (χ4n) is 1.51. The van der Waals surface area contributed by atoms with Crippen molar-refractivity contribution in [3.05, 3.63) is 52.8 Å². The number of benzene rings is 2. The van der Waals surface area contributed by atoms with E-state index in [2.05, 4.69) is 10.8 Å². The number of rotatable bonds is 4. The highest BCUT2D eigenvalue weighted by molar-refractivity contribution is 6.32. The summed E-state index contributed by atoms with van der Waals surface area (Å²) in [4.78, 5) is 0. The van der Waals surface area contributed by atoms with E-state index < -0.39 is 12.4 Å². The monoisotopic (exact) mass is 312 g/mol. The highest BCUT2D eigenvalue weighted by atomic mass is 35.5. The van der Waals surface area contributed by atoms with Crippen molar-refractivity contribution >= 4 is 11.6 Å². The molecule has 107 valence electrons. The van der Waals surface area contributed by atoms with E-state index in [1.807, 2.05) is 0 Å². The van der Waals surface area contributed by atoms with E-state index in [0.29, 0.717) is 0 Å². The van der Waals surface area contributed by atoms with Crippen molar-refractivity contribution in [1.29, 1.82) is 5.26 Å². The zero-order valence-corrected chi connectivity index (χ0v) is 11.0. The molecule has 7 heteroatoms. The Hall–Kier alpha value is -2.39. The Morgan fingerprint density at radius 1 is 1.24 bits per heavy atom. The standard InChI is InChI=1S/C14H6ClF3NO2/c15-11-2-1-3-12(16)13(11)20-9-4-8(7-19)5-10(6-9)21-14(17)18/h1-2,4-6,14H. The van der Waals surface area contributed by atoms with Gasteiger partial charge in [-0.2, -0.15) is 14.0 Å². The third kappa shape index (κ3) is 3.80. The molecule has 1 radical (unpaired) electrons. The van der Waals surface area contributed by atoms with Crippen LogP contribution in [-0.4, -0.2) is 6.61 Å². The Bertz CT molecular complexity index is 681. The predicted octanol–water partition coefficient (Wildman–Crippen LogP) is 4.54. The maximum Gasteiger partial charge on any atom is 0.387 e. The van der Waals surface area contributed by atoms with Gasteiger partial charge < -0.3 is 9.47 Å². The minimum Gasteiger partial charge on any atom is -0.452 e. The second kappa shape index (κ2) is 6.37. The van der Waals surface area contributed by atoms with E-state index in [-0.39, 0.29) is 27.8 Å². The molecule has 3 nitrogen and oxygen atoms in total. The van der Waals surface area contributed by atoms with E-state index >= 15 is 0 Å². The smallest absolute Gasteiger partial charge is 0.387 e. The molecule has 21 heavy (non-hydrogen) atoms. The van der Waals surface area contributed by atoms with Crippen LogP contribution in [0.5, 0.6) is 17.2 Å². The van der Waals surface area contributed by atoms with Crippen LogP contribution in [0.1, 0.15) is 5.56 Å². The molecule has 2 rings (SSSR count). The molecular formula is C14H6ClF3NO2. The first-order valence-corrected chi connectivity index (χ1v) is 5.91. The zero-order chi connectivity index (χ0) is 15.4. The first-order chi connectivity index (χ1) is 9.99. The van der Waals surface area contributed by atoms with Crippen LogP contribution >= 0.6 is 11.6 Å². The first-order valence-electron chi connectivity index (χ1n) is 5.53. The first kappa shape index (κ1) is 15.0. The molecule has 0 saturated heterocycles. The molecular weight excluding hydrogens is 307 g/mol. The third-order valence-corrected chi connectivity index (χ3v) is 2.61. The largest absolute Gasteiger partial charge is 0.452 e. The van der Waals surface area contributed by atoms with E-state index in [4.69, 9.17) is 21.6 Å². The van der Waals surface area contributed by atoms with Crippen molar-refractivity contribution in [2.75, 3.05) is 0 Å². The minimum atomic E-state index is -3.06. The van der Waals surface area contributed by atoms with Crippen LogP contribution < -0.4 is 9.47 Å². The number of hydrogen-bond donors (Lipinski definition) is 0. The molecule has 0 N–H and O–H groups in total. The van der Waals surface area contributed by atoms with Gasteiger partial charge in [-0.1, -0.05) is 11.6 Å². The Balaban J connectivity index is 2.38. The van der Waals surface area contributed by atoms with Crippen molar-refractivity contribution < 1.29 is 22.6 Å². The lowest BCUT2D eigenvalue weighted by Crippen LogP contribution is -2.02. The van der Waals surface area contributed by atoms with Gasteiger partial charge in [-0.15, -0.1) is 0 Å². The third-order valence-electron chi connectivity index (χ3n) is 2.31. The van der Waals surface area contributed by atoms with Crippen LogP contribution in [0, 0.1) is 23.2 Å². The molecule has 2 aromatic rings. The molecule has 0 aliphatic carbocycles. The van der Waals surface area contributed by atoms with Crippen molar-refractivity contribution in [3.63, 3.8) is 0 Å². The van der Waals surface area contributed by atoms with Crippen molar-refractivity contribution in [2.24, 2.45) is 0 Å². The topological polar surface area (TPSA) is 42.2 Å². The molecule has 0 aliphatic heterocycles. The van der Waals surface area contributed by atoms with Gasteiger partial charge in [-0.05, 0) is 24.3 Å². The molecule has 0 amide bonds. The number of ether oxygens (including phenoxy) is 2. The van der Waals surface area contributed by atoms with E-state index in [0.717, 1.165) is 12.1 Å². The minimum absolute atomic E-state index is 0.0135. The van der Waals surface area contributed by atoms with Crippen molar-refractivity contribution in [1.82, 2.24) is 0 Å². The van der Waals surface area contributed by atoms with Crippen LogP contribution in [0.3, 0.4) is 0 Å². The lowest BCUT2D eigenvalue weighted by atomic mass is 10.2. The summed E-state index contributed by atoms with van der Waals surface area (Å²) in [6.07, 6.45) is 0. The fraction of sp³-hybridized carbons (Fsp3) is 0.0714. The summed E-state index contributed by atoms with van der Waals surface area (Å²) in [6.45, 7) is -3.06. The lowest BCUT2D eigenvalue weighted by molar-refractivity contribution is -0.0499. The number of alkyl halides is 2. The van der Waals surface area contributed by atoms with E-state index in [9.17, 15) is 13.2 Å². The maximum atomic E-state index is 13.5. The maximum absolute atomic E-state index is 13.5. The molecule has 0 unspecified atom stereocenters. The normalized spacial score (nSPS) is 10.3. The Morgan fingerprint density at radius 3 is 2.57 bits per heavy atom. The summed E-state index contributed by atoms with van der Waals surface area (Å²) < 4.78 is 47.4. The molecule has 0 bridgehead atoms. The Morgan fingerprint density at radius 2 is 1.95 bits per heavy atom. The van der Waals surface area contributed by atoms with Crippen LogP contribution in [-0.2, 0) is 0 Å². The van der Waals surface area contributed by atoms with Gasteiger partial charge in [-0.3, -0.25) is 0 Å². The summed E-state index contributed by atoms with van der Waals surface area (Å²) in [5.74, 6) is -1.51. The van der Waals surface area contributed by atoms with Gasteiger partial charge in [0, 0.05) is 12.1 Å². The van der Waals surface area contributed by atoms with Crippen molar-refractivity contribution in [3.8, 4) is 23.3 Å². The van der Waals surface area contributed by atoms with Gasteiger partial charge in [0.25, 0.3) is 0 Å². The van der Waals surface area contributed by atoms with Crippen LogP contribution in [0.25, 0.3) is 0 Å². The second-order valence-corrected chi connectivity index (χ2v) is 4.16. The summed E-state index contributed by atoms with van der Waals surface area (Å²) in [5.41, 5.74) is 0.0135.